The number of anilines is 1. The van der Waals surface area contributed by atoms with Crippen molar-refractivity contribution in [2.24, 2.45) is 0 Å². The van der Waals surface area contributed by atoms with Crippen LogP contribution in [-0.4, -0.2) is 49.7 Å². The maximum atomic E-state index is 12.5. The summed E-state index contributed by atoms with van der Waals surface area (Å²) in [5.74, 6) is 1.18. The molecule has 29 heavy (non-hydrogen) atoms. The van der Waals surface area contributed by atoms with E-state index >= 15 is 0 Å². The Labute approximate surface area is 171 Å². The number of para-hydroxylation sites is 1. The van der Waals surface area contributed by atoms with Gasteiger partial charge in [0.05, 0.1) is 19.3 Å². The molecular weight excluding hydrogens is 370 g/mol. The van der Waals surface area contributed by atoms with Gasteiger partial charge in [0.2, 0.25) is 0 Å². The first-order valence-corrected chi connectivity index (χ1v) is 9.83. The lowest BCUT2D eigenvalue weighted by Crippen LogP contribution is -2.47. The maximum Gasteiger partial charge on any atom is 0.321 e. The lowest BCUT2D eigenvalue weighted by molar-refractivity contribution is 0.0916. The van der Waals surface area contributed by atoms with Crippen LogP contribution in [0.5, 0.6) is 11.5 Å². The van der Waals surface area contributed by atoms with Crippen LogP contribution in [0.4, 0.5) is 10.5 Å². The number of hydrogen-bond acceptors (Lipinski definition) is 4. The fourth-order valence-electron chi connectivity index (χ4n) is 3.33. The third-order valence-corrected chi connectivity index (χ3v) is 4.89. The number of piperidine rings is 1. The van der Waals surface area contributed by atoms with Gasteiger partial charge in [0, 0.05) is 24.8 Å². The van der Waals surface area contributed by atoms with Crippen LogP contribution in [0.1, 0.15) is 30.1 Å². The monoisotopic (exact) mass is 397 g/mol. The molecular formula is C22H27N3O4. The van der Waals surface area contributed by atoms with Gasteiger partial charge in [0.1, 0.15) is 11.5 Å². The molecule has 154 valence electrons. The number of ether oxygens (including phenoxy) is 2. The number of nitrogens with one attached hydrogen (secondary N) is 2. The Hall–Kier alpha value is -3.22. The molecule has 1 heterocycles. The van der Waals surface area contributed by atoms with Crippen LogP contribution in [0.3, 0.4) is 0 Å². The maximum absolute atomic E-state index is 12.5. The van der Waals surface area contributed by atoms with Gasteiger partial charge in [-0.05, 0) is 56.2 Å². The van der Waals surface area contributed by atoms with Gasteiger partial charge >= 0.3 is 6.03 Å². The van der Waals surface area contributed by atoms with Crippen LogP contribution in [-0.2, 0) is 0 Å². The Morgan fingerprint density at radius 3 is 2.41 bits per heavy atom. The number of likely N-dealkylation sites (tertiary alicyclic amines) is 1. The number of carbonyl (C=O) groups excluding carboxylic acids is 2. The molecule has 1 saturated heterocycles. The number of nitrogens with zero attached hydrogens (tertiary/aromatic N) is 1. The van der Waals surface area contributed by atoms with Crippen LogP contribution in [0.25, 0.3) is 0 Å². The molecule has 0 atom stereocenters. The highest BCUT2D eigenvalue weighted by atomic mass is 16.5. The molecule has 0 radical (unpaired) electrons. The molecule has 0 bridgehead atoms. The van der Waals surface area contributed by atoms with E-state index < -0.39 is 0 Å². The Morgan fingerprint density at radius 2 is 1.76 bits per heavy atom. The molecule has 0 unspecified atom stereocenters. The van der Waals surface area contributed by atoms with Crippen molar-refractivity contribution >= 4 is 17.6 Å². The molecule has 7 nitrogen and oxygen atoms in total. The first-order chi connectivity index (χ1) is 14.1. The molecule has 1 aliphatic heterocycles. The number of rotatable bonds is 6. The fourth-order valence-corrected chi connectivity index (χ4v) is 3.33. The smallest absolute Gasteiger partial charge is 0.321 e. The molecule has 3 amide bonds. The van der Waals surface area contributed by atoms with Gasteiger partial charge in [0.15, 0.2) is 0 Å². The van der Waals surface area contributed by atoms with E-state index in [1.165, 1.54) is 0 Å². The SMILES string of the molecule is CCOc1ccc(NC(=O)N2CCC(NC(=O)c3ccccc3OC)CC2)cc1. The minimum atomic E-state index is -0.153. The topological polar surface area (TPSA) is 79.9 Å². The summed E-state index contributed by atoms with van der Waals surface area (Å²) in [6.45, 7) is 3.70. The zero-order valence-corrected chi connectivity index (χ0v) is 16.8. The average Bonchev–Trinajstić information content (AvgIpc) is 2.75. The van der Waals surface area contributed by atoms with Crippen molar-refractivity contribution in [3.05, 3.63) is 54.1 Å². The van der Waals surface area contributed by atoms with Crippen LogP contribution in [0.2, 0.25) is 0 Å². The zero-order valence-electron chi connectivity index (χ0n) is 16.8. The Bertz CT molecular complexity index is 830. The van der Waals surface area contributed by atoms with Gasteiger partial charge in [-0.1, -0.05) is 12.1 Å². The summed E-state index contributed by atoms with van der Waals surface area (Å²) in [4.78, 5) is 26.8. The first-order valence-electron chi connectivity index (χ1n) is 9.83. The first kappa shape index (κ1) is 20.5. The lowest BCUT2D eigenvalue weighted by Gasteiger charge is -2.32. The van der Waals surface area contributed by atoms with E-state index in [4.69, 9.17) is 9.47 Å². The van der Waals surface area contributed by atoms with Crippen molar-refractivity contribution in [1.82, 2.24) is 10.2 Å². The summed E-state index contributed by atoms with van der Waals surface area (Å²) in [6.07, 6.45) is 1.41. The van der Waals surface area contributed by atoms with Gasteiger partial charge < -0.3 is 25.0 Å². The van der Waals surface area contributed by atoms with E-state index in [1.807, 2.05) is 43.3 Å². The molecule has 1 fully saturated rings. The molecule has 0 aromatic heterocycles. The zero-order chi connectivity index (χ0) is 20.6. The van der Waals surface area contributed by atoms with Gasteiger partial charge in [-0.25, -0.2) is 4.79 Å². The van der Waals surface area contributed by atoms with Crippen molar-refractivity contribution < 1.29 is 19.1 Å². The van der Waals surface area contributed by atoms with E-state index in [0.29, 0.717) is 43.9 Å². The molecule has 2 aromatic carbocycles. The summed E-state index contributed by atoms with van der Waals surface area (Å²) in [5.41, 5.74) is 1.25. The highest BCUT2D eigenvalue weighted by Crippen LogP contribution is 2.20. The van der Waals surface area contributed by atoms with Gasteiger partial charge in [-0.15, -0.1) is 0 Å². The van der Waals surface area contributed by atoms with Crippen LogP contribution < -0.4 is 20.1 Å². The highest BCUT2D eigenvalue weighted by Gasteiger charge is 2.25. The summed E-state index contributed by atoms with van der Waals surface area (Å²) < 4.78 is 10.7. The minimum Gasteiger partial charge on any atom is -0.496 e. The molecule has 2 aromatic rings. The van der Waals surface area contributed by atoms with E-state index in [1.54, 1.807) is 24.1 Å². The molecule has 3 rings (SSSR count). The predicted octanol–water partition coefficient (Wildman–Crippen LogP) is 3.52. The Kier molecular flexibility index (Phi) is 6.94. The second kappa shape index (κ2) is 9.82. The van der Waals surface area contributed by atoms with Gasteiger partial charge in [-0.2, -0.15) is 0 Å². The molecule has 0 aliphatic carbocycles. The minimum absolute atomic E-state index is 0.0296. The van der Waals surface area contributed by atoms with Gasteiger partial charge in [-0.3, -0.25) is 4.79 Å². The largest absolute Gasteiger partial charge is 0.496 e. The average molecular weight is 397 g/mol. The Balaban J connectivity index is 1.48. The summed E-state index contributed by atoms with van der Waals surface area (Å²) in [5, 5.41) is 5.95. The molecule has 0 saturated carbocycles. The quantitative estimate of drug-likeness (QED) is 0.782. The molecule has 7 heteroatoms. The van der Waals surface area contributed by atoms with Crippen molar-refractivity contribution in [2.45, 2.75) is 25.8 Å². The molecule has 0 spiro atoms. The third kappa shape index (κ3) is 5.40. The normalized spacial score (nSPS) is 14.2. The number of methoxy groups -OCH3 is 1. The lowest BCUT2D eigenvalue weighted by atomic mass is 10.0. The number of hydrogen-bond donors (Lipinski definition) is 2. The highest BCUT2D eigenvalue weighted by molar-refractivity contribution is 5.97. The van der Waals surface area contributed by atoms with Crippen LogP contribution >= 0.6 is 0 Å². The summed E-state index contributed by atoms with van der Waals surface area (Å²) in [6, 6.07) is 14.4. The molecule has 2 N–H and O–H groups in total. The second-order valence-electron chi connectivity index (χ2n) is 6.82. The number of urea groups is 1. The third-order valence-electron chi connectivity index (χ3n) is 4.89. The van der Waals surface area contributed by atoms with E-state index in [9.17, 15) is 9.59 Å². The van der Waals surface area contributed by atoms with E-state index in [2.05, 4.69) is 10.6 Å². The van der Waals surface area contributed by atoms with Crippen molar-refractivity contribution in [2.75, 3.05) is 32.1 Å². The number of carbonyl (C=O) groups is 2. The second-order valence-corrected chi connectivity index (χ2v) is 6.82. The van der Waals surface area contributed by atoms with Crippen molar-refractivity contribution in [1.29, 1.82) is 0 Å². The van der Waals surface area contributed by atoms with Crippen LogP contribution in [0.15, 0.2) is 48.5 Å². The number of benzene rings is 2. The van der Waals surface area contributed by atoms with Crippen LogP contribution in [0, 0.1) is 0 Å². The van der Waals surface area contributed by atoms with E-state index in [-0.39, 0.29) is 18.0 Å². The van der Waals surface area contributed by atoms with E-state index in [0.717, 1.165) is 11.4 Å². The summed E-state index contributed by atoms with van der Waals surface area (Å²) >= 11 is 0. The van der Waals surface area contributed by atoms with Crippen molar-refractivity contribution in [3.63, 3.8) is 0 Å². The standard InChI is InChI=1S/C22H27N3O4/c1-3-29-18-10-8-16(9-11-18)24-22(27)25-14-12-17(13-15-25)23-21(26)19-6-4-5-7-20(19)28-2/h4-11,17H,3,12-15H2,1-2H3,(H,23,26)(H,24,27). The Morgan fingerprint density at radius 1 is 1.07 bits per heavy atom. The summed E-state index contributed by atoms with van der Waals surface area (Å²) in [7, 11) is 1.55. The molecule has 1 aliphatic rings. The number of amides is 3. The van der Waals surface area contributed by atoms with Gasteiger partial charge in [0.25, 0.3) is 5.91 Å². The fraction of sp³-hybridized carbons (Fsp3) is 0.364. The predicted molar refractivity (Wildman–Crippen MR) is 112 cm³/mol. The van der Waals surface area contributed by atoms with Crippen molar-refractivity contribution in [3.8, 4) is 11.5 Å².